The van der Waals surface area contributed by atoms with E-state index in [0.29, 0.717) is 13.1 Å². The van der Waals surface area contributed by atoms with Gasteiger partial charge in [-0.1, -0.05) is 26.7 Å². The van der Waals surface area contributed by atoms with Gasteiger partial charge in [0.25, 0.3) is 0 Å². The van der Waals surface area contributed by atoms with Crippen LogP contribution in [0.15, 0.2) is 23.8 Å². The van der Waals surface area contributed by atoms with Crippen molar-refractivity contribution in [2.45, 2.75) is 39.5 Å². The summed E-state index contributed by atoms with van der Waals surface area (Å²) in [4.78, 5) is 20.3. The molecule has 2 N–H and O–H groups in total. The number of hydrogen-bond donors (Lipinski definition) is 2. The average Bonchev–Trinajstić information content (AvgIpc) is 2.39. The molecule has 0 aromatic rings. The lowest BCUT2D eigenvalue weighted by Crippen LogP contribution is -2.18. The van der Waals surface area contributed by atoms with E-state index in [2.05, 4.69) is 10.6 Å². The molecular formula is C12H22N4O4. The molecule has 0 saturated carbocycles. The van der Waals surface area contributed by atoms with Crippen LogP contribution in [0, 0.1) is 20.2 Å². The lowest BCUT2D eigenvalue weighted by atomic mass is 10.3. The van der Waals surface area contributed by atoms with Gasteiger partial charge in [-0.2, -0.15) is 0 Å². The maximum atomic E-state index is 10.9. The summed E-state index contributed by atoms with van der Waals surface area (Å²) in [6.45, 7) is 5.06. The van der Waals surface area contributed by atoms with Gasteiger partial charge in [0, 0.05) is 13.1 Å². The van der Waals surface area contributed by atoms with Gasteiger partial charge in [0.2, 0.25) is 0 Å². The van der Waals surface area contributed by atoms with Gasteiger partial charge in [-0.3, -0.25) is 20.2 Å². The first-order chi connectivity index (χ1) is 9.54. The third-order valence-electron chi connectivity index (χ3n) is 2.48. The lowest BCUT2D eigenvalue weighted by Gasteiger charge is -2.01. The zero-order valence-electron chi connectivity index (χ0n) is 11.9. The molecule has 0 aromatic carbocycles. The van der Waals surface area contributed by atoms with E-state index in [1.165, 1.54) is 0 Å². The Morgan fingerprint density at radius 3 is 1.50 bits per heavy atom. The summed E-state index contributed by atoms with van der Waals surface area (Å²) >= 11 is 0. The Kier molecular flexibility index (Phi) is 9.63. The highest BCUT2D eigenvalue weighted by atomic mass is 16.6. The van der Waals surface area contributed by atoms with Crippen LogP contribution in [0.4, 0.5) is 0 Å². The van der Waals surface area contributed by atoms with Crippen molar-refractivity contribution in [3.63, 3.8) is 0 Å². The minimum absolute atomic E-state index is 0.544. The zero-order valence-corrected chi connectivity index (χ0v) is 11.9. The van der Waals surface area contributed by atoms with Gasteiger partial charge in [0.1, 0.15) is 0 Å². The maximum Gasteiger partial charge on any atom is 0.363 e. The largest absolute Gasteiger partial charge is 0.385 e. The average molecular weight is 286 g/mol. The van der Waals surface area contributed by atoms with Crippen molar-refractivity contribution < 1.29 is 9.85 Å². The molecule has 0 fully saturated rings. The third kappa shape index (κ3) is 7.34. The second-order valence-corrected chi connectivity index (χ2v) is 4.19. The first-order valence-corrected chi connectivity index (χ1v) is 6.70. The number of unbranched alkanes of at least 4 members (excludes halogenated alkanes) is 2. The molecule has 0 rings (SSSR count). The van der Waals surface area contributed by atoms with E-state index < -0.39 is 21.2 Å². The molecule has 0 unspecified atom stereocenters. The molecule has 0 aliphatic rings. The number of rotatable bonds is 11. The Morgan fingerprint density at radius 2 is 1.25 bits per heavy atom. The van der Waals surface area contributed by atoms with Crippen molar-refractivity contribution in [3.05, 3.63) is 44.0 Å². The van der Waals surface area contributed by atoms with E-state index in [9.17, 15) is 20.2 Å². The number of hydrogen-bond acceptors (Lipinski definition) is 6. The molecule has 8 heteroatoms. The summed E-state index contributed by atoms with van der Waals surface area (Å²) in [5, 5.41) is 27.3. The first-order valence-electron chi connectivity index (χ1n) is 6.70. The van der Waals surface area contributed by atoms with E-state index >= 15 is 0 Å². The Hall–Kier alpha value is -2.12. The molecule has 0 saturated heterocycles. The highest BCUT2D eigenvalue weighted by Gasteiger charge is 2.28. The summed E-state index contributed by atoms with van der Waals surface area (Å²) in [6.07, 6.45) is 5.73. The molecular weight excluding hydrogens is 264 g/mol. The molecule has 114 valence electrons. The Balaban J connectivity index is 4.86. The van der Waals surface area contributed by atoms with Crippen molar-refractivity contribution in [1.82, 2.24) is 10.6 Å². The lowest BCUT2D eigenvalue weighted by molar-refractivity contribution is -0.480. The molecule has 0 spiro atoms. The van der Waals surface area contributed by atoms with Crippen LogP contribution in [0.1, 0.15) is 39.5 Å². The van der Waals surface area contributed by atoms with Crippen LogP contribution in [0.25, 0.3) is 0 Å². The number of nitro groups is 2. The molecule has 0 heterocycles. The first kappa shape index (κ1) is 17.9. The number of nitrogens with one attached hydrogen (secondary N) is 2. The molecule has 0 aromatic heterocycles. The van der Waals surface area contributed by atoms with E-state index in [-0.39, 0.29) is 0 Å². The van der Waals surface area contributed by atoms with Crippen LogP contribution >= 0.6 is 0 Å². The van der Waals surface area contributed by atoms with Crippen LogP contribution in [0.5, 0.6) is 0 Å². The van der Waals surface area contributed by atoms with Gasteiger partial charge in [-0.05, 0) is 12.8 Å². The van der Waals surface area contributed by atoms with Crippen molar-refractivity contribution >= 4 is 0 Å². The van der Waals surface area contributed by atoms with Gasteiger partial charge < -0.3 is 10.6 Å². The van der Waals surface area contributed by atoms with E-state index in [1.807, 2.05) is 13.8 Å². The summed E-state index contributed by atoms with van der Waals surface area (Å²) in [6, 6.07) is 0. The Labute approximate surface area is 118 Å². The fourth-order valence-electron chi connectivity index (χ4n) is 1.34. The quantitative estimate of drug-likeness (QED) is 0.260. The molecule has 0 radical (unpaired) electrons. The smallest absolute Gasteiger partial charge is 0.363 e. The SMILES string of the molecule is CCCCN/C=C(/C(=C/NCCCC)[N+](=O)[O-])[N+](=O)[O-]. The van der Waals surface area contributed by atoms with Crippen LogP contribution in [0.2, 0.25) is 0 Å². The van der Waals surface area contributed by atoms with Crippen molar-refractivity contribution in [2.75, 3.05) is 13.1 Å². The van der Waals surface area contributed by atoms with Crippen molar-refractivity contribution in [1.29, 1.82) is 0 Å². The summed E-state index contributed by atoms with van der Waals surface area (Å²) in [5.74, 6) is 0. The molecule has 0 bridgehead atoms. The minimum Gasteiger partial charge on any atom is -0.385 e. The van der Waals surface area contributed by atoms with Gasteiger partial charge in [0.05, 0.1) is 22.2 Å². The third-order valence-corrected chi connectivity index (χ3v) is 2.48. The van der Waals surface area contributed by atoms with Crippen LogP contribution < -0.4 is 10.6 Å². The zero-order chi connectivity index (χ0) is 15.4. The predicted molar refractivity (Wildman–Crippen MR) is 76.0 cm³/mol. The van der Waals surface area contributed by atoms with Gasteiger partial charge in [-0.15, -0.1) is 0 Å². The summed E-state index contributed by atoms with van der Waals surface area (Å²) in [5.41, 5.74) is -1.09. The Morgan fingerprint density at radius 1 is 0.900 bits per heavy atom. The molecule has 0 aliphatic carbocycles. The standard InChI is InChI=1S/C12H22N4O4/c1-3-5-7-13-9-11(15(17)18)12(16(19)20)10-14-8-6-4-2/h9-10,13-14H,3-8H2,1-2H3/b11-9-,12-10-. The van der Waals surface area contributed by atoms with Crippen molar-refractivity contribution in [2.24, 2.45) is 0 Å². The highest BCUT2D eigenvalue weighted by Crippen LogP contribution is 2.10. The minimum atomic E-state index is -0.755. The second kappa shape index (κ2) is 10.8. The van der Waals surface area contributed by atoms with E-state index in [0.717, 1.165) is 38.1 Å². The summed E-state index contributed by atoms with van der Waals surface area (Å²) in [7, 11) is 0. The summed E-state index contributed by atoms with van der Waals surface area (Å²) < 4.78 is 0. The van der Waals surface area contributed by atoms with Gasteiger partial charge in [-0.25, -0.2) is 0 Å². The fraction of sp³-hybridized carbons (Fsp3) is 0.667. The molecule has 20 heavy (non-hydrogen) atoms. The fourth-order valence-corrected chi connectivity index (χ4v) is 1.34. The Bertz CT molecular complexity index is 344. The topological polar surface area (TPSA) is 110 Å². The normalized spacial score (nSPS) is 12.1. The number of nitrogens with zero attached hydrogens (tertiary/aromatic N) is 2. The van der Waals surface area contributed by atoms with Crippen LogP contribution in [-0.2, 0) is 0 Å². The molecule has 0 aliphatic heterocycles. The van der Waals surface area contributed by atoms with Gasteiger partial charge in [0.15, 0.2) is 0 Å². The second-order valence-electron chi connectivity index (χ2n) is 4.19. The van der Waals surface area contributed by atoms with E-state index in [1.54, 1.807) is 0 Å². The predicted octanol–water partition coefficient (Wildman–Crippen LogP) is 2.00. The monoisotopic (exact) mass is 286 g/mol. The van der Waals surface area contributed by atoms with Crippen molar-refractivity contribution in [3.8, 4) is 0 Å². The van der Waals surface area contributed by atoms with E-state index in [4.69, 9.17) is 0 Å². The molecule has 0 atom stereocenters. The maximum absolute atomic E-state index is 10.9. The van der Waals surface area contributed by atoms with Crippen LogP contribution in [-0.4, -0.2) is 22.9 Å². The molecule has 0 amide bonds. The molecule has 8 nitrogen and oxygen atoms in total. The van der Waals surface area contributed by atoms with Gasteiger partial charge >= 0.3 is 11.4 Å². The highest BCUT2D eigenvalue weighted by molar-refractivity contribution is 5.17. The van der Waals surface area contributed by atoms with Crippen LogP contribution in [0.3, 0.4) is 0 Å².